The molecule has 60 valence electrons. The molecule has 0 saturated carbocycles. The van der Waals surface area contributed by atoms with Crippen molar-refractivity contribution in [2.45, 2.75) is 6.04 Å². The van der Waals surface area contributed by atoms with E-state index < -0.39 is 26.5 Å². The molecule has 0 heterocycles. The molecule has 0 aliphatic rings. The number of carboxylic acids is 1. The molecule has 0 aromatic rings. The van der Waals surface area contributed by atoms with Crippen molar-refractivity contribution in [3.8, 4) is 0 Å². The topological polar surface area (TPSA) is 101 Å². The molecule has 0 aliphatic heterocycles. The van der Waals surface area contributed by atoms with Crippen LogP contribution in [0.25, 0.3) is 0 Å². The Labute approximate surface area is 62.7 Å². The molecule has 2 unspecified atom stereocenters. The van der Waals surface area contributed by atoms with Gasteiger partial charge in [-0.3, -0.25) is 4.79 Å². The van der Waals surface area contributed by atoms with Gasteiger partial charge in [0, 0.05) is 11.2 Å². The second kappa shape index (κ2) is 3.24. The summed E-state index contributed by atoms with van der Waals surface area (Å²) in [5.41, 5.74) is 4.90. The van der Waals surface area contributed by atoms with Crippen molar-refractivity contribution in [1.82, 2.24) is 0 Å². The van der Waals surface area contributed by atoms with E-state index in [0.717, 1.165) is 0 Å². The molecular formula is C3H7NO4S2. The van der Waals surface area contributed by atoms with E-state index in [2.05, 4.69) is 11.2 Å². The second-order valence-electron chi connectivity index (χ2n) is 1.69. The van der Waals surface area contributed by atoms with Crippen molar-refractivity contribution in [3.05, 3.63) is 0 Å². The van der Waals surface area contributed by atoms with E-state index in [-0.39, 0.29) is 0 Å². The predicted molar refractivity (Wildman–Crippen MR) is 38.6 cm³/mol. The molecule has 0 aliphatic carbocycles. The minimum absolute atomic E-state index is 0.586. The van der Waals surface area contributed by atoms with Crippen LogP contribution < -0.4 is 5.73 Å². The van der Waals surface area contributed by atoms with Crippen LogP contribution in [0.5, 0.6) is 0 Å². The maximum atomic E-state index is 10.3. The van der Waals surface area contributed by atoms with Crippen LogP contribution in [-0.4, -0.2) is 31.6 Å². The zero-order chi connectivity index (χ0) is 8.36. The van der Waals surface area contributed by atoms with E-state index in [1.807, 2.05) is 0 Å². The molecule has 5 nitrogen and oxygen atoms in total. The predicted octanol–water partition coefficient (Wildman–Crippen LogP) is -1.38. The van der Waals surface area contributed by atoms with Gasteiger partial charge >= 0.3 is 5.97 Å². The molecule has 0 fully saturated rings. The lowest BCUT2D eigenvalue weighted by atomic mass is 10.4. The first kappa shape index (κ1) is 9.76. The van der Waals surface area contributed by atoms with E-state index in [1.165, 1.54) is 0 Å². The summed E-state index contributed by atoms with van der Waals surface area (Å²) in [5.74, 6) is -1.91. The second-order valence-corrected chi connectivity index (χ2v) is 4.75. The lowest BCUT2D eigenvalue weighted by Crippen LogP contribution is -2.36. The maximum Gasteiger partial charge on any atom is 0.321 e. The Kier molecular flexibility index (Phi) is 3.16. The third-order valence-electron chi connectivity index (χ3n) is 0.707. The molecule has 0 radical (unpaired) electrons. The van der Waals surface area contributed by atoms with Crippen LogP contribution in [0.2, 0.25) is 0 Å². The summed E-state index contributed by atoms with van der Waals surface area (Å²) in [6.07, 6.45) is 0. The molecule has 0 saturated heterocycles. The summed E-state index contributed by atoms with van der Waals surface area (Å²) in [6.45, 7) is 0. The quantitative estimate of drug-likeness (QED) is 0.501. The molecule has 0 aromatic heterocycles. The highest BCUT2D eigenvalue weighted by Gasteiger charge is 2.16. The average molecular weight is 185 g/mol. The van der Waals surface area contributed by atoms with Crippen molar-refractivity contribution >= 4 is 25.9 Å². The van der Waals surface area contributed by atoms with Crippen LogP contribution in [0, 0.1) is 0 Å². The third-order valence-corrected chi connectivity index (χ3v) is 1.90. The van der Waals surface area contributed by atoms with Gasteiger partial charge < -0.3 is 15.4 Å². The highest BCUT2D eigenvalue weighted by Crippen LogP contribution is 1.87. The van der Waals surface area contributed by atoms with Gasteiger partial charge in [-0.1, -0.05) is 0 Å². The molecule has 0 aromatic carbocycles. The maximum absolute atomic E-state index is 10.3. The van der Waals surface area contributed by atoms with Crippen LogP contribution in [-0.2, 0) is 24.8 Å². The van der Waals surface area contributed by atoms with Gasteiger partial charge in [0.1, 0.15) is 14.8 Å². The fourth-order valence-electron chi connectivity index (χ4n) is 0.298. The monoisotopic (exact) mass is 185 g/mol. The third kappa shape index (κ3) is 4.62. The summed E-state index contributed by atoms with van der Waals surface area (Å²) >= 11 is 4.02. The number of aliphatic carboxylic acids is 1. The minimum Gasteiger partial charge on any atom is -0.480 e. The normalized spacial score (nSPS) is 19.4. The molecule has 0 spiro atoms. The summed E-state index contributed by atoms with van der Waals surface area (Å²) in [5, 5.41) is 8.14. The van der Waals surface area contributed by atoms with E-state index in [4.69, 9.17) is 15.4 Å². The Morgan fingerprint density at radius 1 is 1.80 bits per heavy atom. The number of hydrogen-bond acceptors (Lipinski definition) is 4. The Bertz CT molecular complexity index is 221. The molecule has 0 bridgehead atoms. The Morgan fingerprint density at radius 3 is 2.30 bits per heavy atom. The summed E-state index contributed by atoms with van der Waals surface area (Å²) in [7, 11) is -3.44. The zero-order valence-corrected chi connectivity index (χ0v) is 6.52. The fraction of sp³-hybridized carbons (Fsp3) is 0.667. The highest BCUT2D eigenvalue weighted by molar-refractivity contribution is 8.29. The van der Waals surface area contributed by atoms with Crippen LogP contribution in [0.1, 0.15) is 0 Å². The molecule has 0 rings (SSSR count). The standard InChI is InChI=1S/C3H7NO4S2/c4-2(3(5)6)1-10(7,8)9/h2H,1,4H2,(H,5,6)(H,7,8,9). The molecular weight excluding hydrogens is 178 g/mol. The van der Waals surface area contributed by atoms with Crippen LogP contribution in [0.15, 0.2) is 0 Å². The van der Waals surface area contributed by atoms with Gasteiger partial charge in [0.15, 0.2) is 0 Å². The summed E-state index contributed by atoms with van der Waals surface area (Å²) in [4.78, 5) is 9.97. The zero-order valence-electron chi connectivity index (χ0n) is 4.89. The van der Waals surface area contributed by atoms with Crippen LogP contribution in [0.4, 0.5) is 0 Å². The fourth-order valence-corrected chi connectivity index (χ4v) is 1.33. The molecule has 10 heavy (non-hydrogen) atoms. The first-order valence-electron chi connectivity index (χ1n) is 2.26. The minimum atomic E-state index is -3.44. The Balaban J connectivity index is 4.06. The van der Waals surface area contributed by atoms with Gasteiger partial charge in [-0.25, -0.2) is 4.21 Å². The largest absolute Gasteiger partial charge is 0.480 e. The van der Waals surface area contributed by atoms with Crippen molar-refractivity contribution in [3.63, 3.8) is 0 Å². The van der Waals surface area contributed by atoms with Gasteiger partial charge in [0.25, 0.3) is 0 Å². The molecule has 2 atom stereocenters. The number of hydrogen-bond donors (Lipinski definition) is 3. The lowest BCUT2D eigenvalue weighted by Gasteiger charge is -2.03. The number of carbonyl (C=O) groups is 1. The van der Waals surface area contributed by atoms with Gasteiger partial charge in [-0.2, -0.15) is 0 Å². The Hall–Kier alpha value is -0.240. The van der Waals surface area contributed by atoms with Crippen molar-refractivity contribution in [1.29, 1.82) is 0 Å². The molecule has 4 N–H and O–H groups in total. The van der Waals surface area contributed by atoms with E-state index in [1.54, 1.807) is 0 Å². The van der Waals surface area contributed by atoms with Crippen molar-refractivity contribution in [2.24, 2.45) is 5.73 Å². The molecule has 7 heteroatoms. The average Bonchev–Trinajstić information content (AvgIpc) is 1.60. The van der Waals surface area contributed by atoms with Crippen molar-refractivity contribution in [2.75, 3.05) is 5.75 Å². The number of rotatable bonds is 3. The van der Waals surface area contributed by atoms with Crippen molar-refractivity contribution < 1.29 is 18.7 Å². The Morgan fingerprint density at radius 2 is 2.20 bits per heavy atom. The van der Waals surface area contributed by atoms with Gasteiger partial charge in [-0.05, 0) is 0 Å². The van der Waals surface area contributed by atoms with Crippen LogP contribution in [0.3, 0.4) is 0 Å². The van der Waals surface area contributed by atoms with Gasteiger partial charge in [-0.15, -0.1) is 0 Å². The smallest absolute Gasteiger partial charge is 0.321 e. The van der Waals surface area contributed by atoms with E-state index in [9.17, 15) is 9.00 Å². The first-order chi connectivity index (χ1) is 4.33. The van der Waals surface area contributed by atoms with E-state index in [0.29, 0.717) is 0 Å². The highest BCUT2D eigenvalue weighted by atomic mass is 32.8. The van der Waals surface area contributed by atoms with Gasteiger partial charge in [0.2, 0.25) is 0 Å². The number of nitrogens with two attached hydrogens (primary N) is 1. The first-order valence-corrected chi connectivity index (χ1v) is 4.87. The lowest BCUT2D eigenvalue weighted by molar-refractivity contribution is -0.137. The van der Waals surface area contributed by atoms with E-state index >= 15 is 0 Å². The van der Waals surface area contributed by atoms with Crippen LogP contribution >= 0.6 is 0 Å². The summed E-state index contributed by atoms with van der Waals surface area (Å²) < 4.78 is 18.8. The number of carboxylic acid groups (broad SMARTS) is 1. The van der Waals surface area contributed by atoms with Gasteiger partial charge in [0.05, 0.1) is 5.75 Å². The molecule has 0 amide bonds. The SMILES string of the molecule is NC(CS(=O)(O)=S)C(=O)O. The summed E-state index contributed by atoms with van der Waals surface area (Å²) in [6, 6.07) is -1.35.